The van der Waals surface area contributed by atoms with Gasteiger partial charge >= 0.3 is 0 Å². The Morgan fingerprint density at radius 1 is 1.19 bits per heavy atom. The molecule has 2 rings (SSSR count). The summed E-state index contributed by atoms with van der Waals surface area (Å²) in [6.07, 6.45) is 12.8. The van der Waals surface area contributed by atoms with E-state index in [0.29, 0.717) is 5.92 Å². The molecule has 0 bridgehead atoms. The Labute approximate surface area is 163 Å². The first-order chi connectivity index (χ1) is 12.5. The second-order valence-electron chi connectivity index (χ2n) is 9.50. The summed E-state index contributed by atoms with van der Waals surface area (Å²) in [6.45, 7) is 17.9. The zero-order chi connectivity index (χ0) is 19.1. The molecule has 0 heterocycles. The molecule has 0 saturated heterocycles. The molecule has 0 spiro atoms. The second kappa shape index (κ2) is 10.7. The Balaban J connectivity index is 1.56. The van der Waals surface area contributed by atoms with Gasteiger partial charge in [0.15, 0.2) is 0 Å². The van der Waals surface area contributed by atoms with Crippen molar-refractivity contribution in [3.05, 3.63) is 23.8 Å². The summed E-state index contributed by atoms with van der Waals surface area (Å²) < 4.78 is 6.02. The lowest BCUT2D eigenvalue weighted by molar-refractivity contribution is 0.0785. The molecule has 6 unspecified atom stereocenters. The standard InChI is InChI=1S/C25H44O/c1-7-18(3)14-20(5)21(6)17-26-13-9-10-23-16-25(23)24-15-22(8-2)12-11-19(24)4/h8,18,20-21,23-25H,4,7,9-17H2,1-3,5-6H3. The summed E-state index contributed by atoms with van der Waals surface area (Å²) in [5.41, 5.74) is 3.19. The lowest BCUT2D eigenvalue weighted by Crippen LogP contribution is -2.17. The minimum absolute atomic E-state index is 0.683. The predicted octanol–water partition coefficient (Wildman–Crippen LogP) is 7.43. The number of allylic oxidation sites excluding steroid dienone is 3. The van der Waals surface area contributed by atoms with Gasteiger partial charge in [-0.2, -0.15) is 0 Å². The quantitative estimate of drug-likeness (QED) is 0.275. The van der Waals surface area contributed by atoms with E-state index in [1.165, 1.54) is 56.9 Å². The average Bonchev–Trinajstić information content (AvgIpc) is 3.40. The Morgan fingerprint density at radius 3 is 2.65 bits per heavy atom. The molecule has 0 aliphatic heterocycles. The molecule has 0 N–H and O–H groups in total. The van der Waals surface area contributed by atoms with Crippen molar-refractivity contribution in [2.24, 2.45) is 35.5 Å². The molecule has 0 amide bonds. The summed E-state index contributed by atoms with van der Waals surface area (Å²) in [5.74, 6) is 4.95. The van der Waals surface area contributed by atoms with E-state index >= 15 is 0 Å². The highest BCUT2D eigenvalue weighted by Gasteiger charge is 2.43. The third-order valence-corrected chi connectivity index (χ3v) is 7.36. The van der Waals surface area contributed by atoms with E-state index in [1.807, 2.05) is 0 Å². The van der Waals surface area contributed by atoms with Gasteiger partial charge in [0.05, 0.1) is 0 Å². The fraction of sp³-hybridized carbons (Fsp3) is 0.840. The lowest BCUT2D eigenvalue weighted by Gasteiger charge is -2.27. The summed E-state index contributed by atoms with van der Waals surface area (Å²) in [4.78, 5) is 0. The van der Waals surface area contributed by atoms with Gasteiger partial charge in [-0.3, -0.25) is 0 Å². The third kappa shape index (κ3) is 6.55. The molecule has 1 nitrogen and oxygen atoms in total. The molecule has 2 saturated carbocycles. The molecule has 2 aliphatic rings. The smallest absolute Gasteiger partial charge is 0.0494 e. The molecule has 2 fully saturated rings. The van der Waals surface area contributed by atoms with Crippen molar-refractivity contribution in [3.8, 4) is 0 Å². The van der Waals surface area contributed by atoms with Crippen molar-refractivity contribution in [1.82, 2.24) is 0 Å². The summed E-state index contributed by atoms with van der Waals surface area (Å²) in [7, 11) is 0. The zero-order valence-corrected chi connectivity index (χ0v) is 18.2. The van der Waals surface area contributed by atoms with Gasteiger partial charge in [-0.1, -0.05) is 57.9 Å². The Bertz CT molecular complexity index is 463. The van der Waals surface area contributed by atoms with E-state index in [2.05, 4.69) is 47.3 Å². The van der Waals surface area contributed by atoms with Crippen LogP contribution in [0.5, 0.6) is 0 Å². The van der Waals surface area contributed by atoms with Crippen molar-refractivity contribution < 1.29 is 4.74 Å². The van der Waals surface area contributed by atoms with Crippen LogP contribution in [0.4, 0.5) is 0 Å². The van der Waals surface area contributed by atoms with Crippen molar-refractivity contribution in [3.63, 3.8) is 0 Å². The maximum Gasteiger partial charge on any atom is 0.0494 e. The molecular weight excluding hydrogens is 316 g/mol. The van der Waals surface area contributed by atoms with Gasteiger partial charge in [-0.15, -0.1) is 0 Å². The Morgan fingerprint density at radius 2 is 1.96 bits per heavy atom. The van der Waals surface area contributed by atoms with Gasteiger partial charge in [-0.25, -0.2) is 0 Å². The SMILES string of the molecule is C=C1CCC(=CC)CC1C1CC1CCCOCC(C)C(C)CC(C)CC. The largest absolute Gasteiger partial charge is 0.381 e. The van der Waals surface area contributed by atoms with Crippen LogP contribution in [-0.4, -0.2) is 13.2 Å². The van der Waals surface area contributed by atoms with Gasteiger partial charge in [0, 0.05) is 13.2 Å². The molecule has 1 heteroatoms. The maximum absolute atomic E-state index is 6.02. The molecule has 0 aromatic rings. The monoisotopic (exact) mass is 360 g/mol. The van der Waals surface area contributed by atoms with Crippen LogP contribution in [0.25, 0.3) is 0 Å². The number of hydrogen-bond acceptors (Lipinski definition) is 1. The molecule has 150 valence electrons. The molecular formula is C25H44O. The Hall–Kier alpha value is -0.560. The highest BCUT2D eigenvalue weighted by Crippen LogP contribution is 2.53. The van der Waals surface area contributed by atoms with Gasteiger partial charge < -0.3 is 4.74 Å². The molecule has 0 aromatic carbocycles. The third-order valence-electron chi connectivity index (χ3n) is 7.36. The highest BCUT2D eigenvalue weighted by molar-refractivity contribution is 5.20. The summed E-state index contributed by atoms with van der Waals surface area (Å²) in [5, 5.41) is 0. The maximum atomic E-state index is 6.02. The molecule has 6 atom stereocenters. The van der Waals surface area contributed by atoms with E-state index in [-0.39, 0.29) is 0 Å². The van der Waals surface area contributed by atoms with Crippen LogP contribution in [0.3, 0.4) is 0 Å². The first-order valence-electron chi connectivity index (χ1n) is 11.4. The average molecular weight is 361 g/mol. The number of rotatable bonds is 11. The first-order valence-corrected chi connectivity index (χ1v) is 11.4. The minimum Gasteiger partial charge on any atom is -0.381 e. The molecule has 2 aliphatic carbocycles. The van der Waals surface area contributed by atoms with Crippen molar-refractivity contribution in [2.45, 2.75) is 86.0 Å². The predicted molar refractivity (Wildman–Crippen MR) is 114 cm³/mol. The van der Waals surface area contributed by atoms with Crippen molar-refractivity contribution in [1.29, 1.82) is 0 Å². The van der Waals surface area contributed by atoms with E-state index in [4.69, 9.17) is 4.74 Å². The topological polar surface area (TPSA) is 9.23 Å². The van der Waals surface area contributed by atoms with Gasteiger partial charge in [0.25, 0.3) is 0 Å². The van der Waals surface area contributed by atoms with E-state index in [9.17, 15) is 0 Å². The van der Waals surface area contributed by atoms with E-state index < -0.39 is 0 Å². The highest BCUT2D eigenvalue weighted by atomic mass is 16.5. The van der Waals surface area contributed by atoms with E-state index in [1.54, 1.807) is 5.57 Å². The van der Waals surface area contributed by atoms with E-state index in [0.717, 1.165) is 42.8 Å². The van der Waals surface area contributed by atoms with Crippen LogP contribution in [0.1, 0.15) is 86.0 Å². The van der Waals surface area contributed by atoms with Crippen molar-refractivity contribution >= 4 is 0 Å². The van der Waals surface area contributed by atoms with Crippen LogP contribution in [0.2, 0.25) is 0 Å². The number of ether oxygens (including phenoxy) is 1. The second-order valence-corrected chi connectivity index (χ2v) is 9.50. The normalized spacial score (nSPS) is 31.0. The van der Waals surface area contributed by atoms with Gasteiger partial charge in [0.1, 0.15) is 0 Å². The molecule has 0 aromatic heterocycles. The van der Waals surface area contributed by atoms with Gasteiger partial charge in [-0.05, 0) is 87.4 Å². The van der Waals surface area contributed by atoms with Crippen LogP contribution >= 0.6 is 0 Å². The fourth-order valence-corrected chi connectivity index (χ4v) is 4.76. The minimum atomic E-state index is 0.683. The van der Waals surface area contributed by atoms with Crippen molar-refractivity contribution in [2.75, 3.05) is 13.2 Å². The first kappa shape index (κ1) is 21.7. The van der Waals surface area contributed by atoms with Crippen LogP contribution in [0.15, 0.2) is 23.8 Å². The fourth-order valence-electron chi connectivity index (χ4n) is 4.76. The summed E-state index contributed by atoms with van der Waals surface area (Å²) >= 11 is 0. The van der Waals surface area contributed by atoms with Crippen LogP contribution < -0.4 is 0 Å². The summed E-state index contributed by atoms with van der Waals surface area (Å²) in [6, 6.07) is 0. The molecule has 0 radical (unpaired) electrons. The van der Waals surface area contributed by atoms with Crippen LogP contribution in [-0.2, 0) is 4.74 Å². The number of hydrogen-bond donors (Lipinski definition) is 0. The Kier molecular flexibility index (Phi) is 8.94. The zero-order valence-electron chi connectivity index (χ0n) is 18.2. The van der Waals surface area contributed by atoms with Gasteiger partial charge in [0.2, 0.25) is 0 Å². The van der Waals surface area contributed by atoms with Crippen LogP contribution in [0, 0.1) is 35.5 Å². The molecule has 26 heavy (non-hydrogen) atoms. The lowest BCUT2D eigenvalue weighted by atomic mass is 9.78.